The molecule has 0 unspecified atom stereocenters. The normalized spacial score (nSPS) is 15.1. The number of ether oxygens (including phenoxy) is 4. The fourth-order valence-electron chi connectivity index (χ4n) is 3.09. The molecule has 6 heteroatoms. The standard InChI is InChI=1S/C22H25NO5/c1-5-27-20-10-16-8-14(2)28-21(16)9-15(20)6-7-22(24)23-17-11-18(25-3)13-19(12-17)26-4/h6-7,9-14H,5,8H2,1-4H3,(H,23,24)/b7-6+/t14-/m1/s1. The largest absolute Gasteiger partial charge is 0.497 e. The van der Waals surface area contributed by atoms with Gasteiger partial charge in [-0.15, -0.1) is 0 Å². The van der Waals surface area contributed by atoms with Gasteiger partial charge in [0.2, 0.25) is 5.91 Å². The summed E-state index contributed by atoms with van der Waals surface area (Å²) in [7, 11) is 3.12. The Labute approximate surface area is 165 Å². The number of anilines is 1. The Morgan fingerprint density at radius 2 is 1.89 bits per heavy atom. The van der Waals surface area contributed by atoms with Crippen LogP contribution in [0.25, 0.3) is 6.08 Å². The van der Waals surface area contributed by atoms with Crippen molar-refractivity contribution in [2.75, 3.05) is 26.1 Å². The fraction of sp³-hybridized carbons (Fsp3) is 0.318. The van der Waals surface area contributed by atoms with Crippen LogP contribution < -0.4 is 24.3 Å². The minimum absolute atomic E-state index is 0.148. The van der Waals surface area contributed by atoms with Gasteiger partial charge in [-0.1, -0.05) is 0 Å². The van der Waals surface area contributed by atoms with E-state index < -0.39 is 0 Å². The van der Waals surface area contributed by atoms with Gasteiger partial charge in [0.05, 0.1) is 20.8 Å². The molecule has 0 spiro atoms. The number of rotatable bonds is 7. The molecule has 0 radical (unpaired) electrons. The maximum absolute atomic E-state index is 12.4. The molecule has 0 saturated heterocycles. The molecular formula is C22H25NO5. The Balaban J connectivity index is 1.78. The first-order chi connectivity index (χ1) is 13.5. The van der Waals surface area contributed by atoms with Crippen molar-refractivity contribution in [3.63, 3.8) is 0 Å². The molecule has 1 amide bonds. The minimum atomic E-state index is -0.271. The third-order valence-electron chi connectivity index (χ3n) is 4.36. The van der Waals surface area contributed by atoms with E-state index in [-0.39, 0.29) is 12.0 Å². The highest BCUT2D eigenvalue weighted by molar-refractivity contribution is 6.02. The molecular weight excluding hydrogens is 358 g/mol. The molecule has 3 rings (SSSR count). The Morgan fingerprint density at radius 3 is 2.54 bits per heavy atom. The molecule has 0 aliphatic carbocycles. The second-order valence-electron chi connectivity index (χ2n) is 6.49. The van der Waals surface area contributed by atoms with Gasteiger partial charge < -0.3 is 24.3 Å². The second-order valence-corrected chi connectivity index (χ2v) is 6.49. The van der Waals surface area contributed by atoms with Crippen molar-refractivity contribution >= 4 is 17.7 Å². The monoisotopic (exact) mass is 383 g/mol. The molecule has 148 valence electrons. The number of carbonyl (C=O) groups excluding carboxylic acids is 1. The van der Waals surface area contributed by atoms with E-state index in [1.54, 1.807) is 38.5 Å². The number of methoxy groups -OCH3 is 2. The van der Waals surface area contributed by atoms with Crippen molar-refractivity contribution in [3.05, 3.63) is 47.5 Å². The molecule has 6 nitrogen and oxygen atoms in total. The Bertz CT molecular complexity index is 868. The minimum Gasteiger partial charge on any atom is -0.497 e. The van der Waals surface area contributed by atoms with Crippen molar-refractivity contribution in [1.82, 2.24) is 0 Å². The third kappa shape index (κ3) is 4.57. The van der Waals surface area contributed by atoms with Gasteiger partial charge in [-0.3, -0.25) is 4.79 Å². The van der Waals surface area contributed by atoms with Crippen molar-refractivity contribution < 1.29 is 23.7 Å². The predicted molar refractivity (Wildman–Crippen MR) is 109 cm³/mol. The third-order valence-corrected chi connectivity index (χ3v) is 4.36. The van der Waals surface area contributed by atoms with E-state index in [9.17, 15) is 4.79 Å². The van der Waals surface area contributed by atoms with E-state index in [0.29, 0.717) is 23.8 Å². The average molecular weight is 383 g/mol. The van der Waals surface area contributed by atoms with E-state index in [4.69, 9.17) is 18.9 Å². The molecule has 0 bridgehead atoms. The summed E-state index contributed by atoms with van der Waals surface area (Å²) in [5, 5.41) is 2.81. The van der Waals surface area contributed by atoms with Gasteiger partial charge in [-0.05, 0) is 32.1 Å². The second kappa shape index (κ2) is 8.69. The Hall–Kier alpha value is -3.15. The first-order valence-corrected chi connectivity index (χ1v) is 9.21. The van der Waals surface area contributed by atoms with Crippen LogP contribution in [0.3, 0.4) is 0 Å². The van der Waals surface area contributed by atoms with Crippen LogP contribution in [-0.2, 0) is 11.2 Å². The SMILES string of the molecule is CCOc1cc2c(cc1/C=C/C(=O)Nc1cc(OC)cc(OC)c1)O[C@H](C)C2. The molecule has 0 saturated carbocycles. The average Bonchev–Trinajstić information content (AvgIpc) is 3.04. The number of nitrogens with one attached hydrogen (secondary N) is 1. The van der Waals surface area contributed by atoms with Crippen LogP contribution in [0, 0.1) is 0 Å². The van der Waals surface area contributed by atoms with Crippen molar-refractivity contribution in [3.8, 4) is 23.0 Å². The van der Waals surface area contributed by atoms with E-state index in [1.807, 2.05) is 26.0 Å². The fourth-order valence-corrected chi connectivity index (χ4v) is 3.09. The van der Waals surface area contributed by atoms with Gasteiger partial charge in [0.25, 0.3) is 0 Å². The van der Waals surface area contributed by atoms with Crippen LogP contribution in [0.4, 0.5) is 5.69 Å². The van der Waals surface area contributed by atoms with Gasteiger partial charge in [0.1, 0.15) is 29.1 Å². The van der Waals surface area contributed by atoms with Gasteiger partial charge in [0, 0.05) is 47.5 Å². The highest BCUT2D eigenvalue weighted by Gasteiger charge is 2.21. The van der Waals surface area contributed by atoms with Crippen molar-refractivity contribution in [2.45, 2.75) is 26.4 Å². The van der Waals surface area contributed by atoms with E-state index >= 15 is 0 Å². The number of carbonyl (C=O) groups is 1. The number of fused-ring (bicyclic) bond motifs is 1. The summed E-state index contributed by atoms with van der Waals surface area (Å²) in [6.07, 6.45) is 4.20. The molecule has 2 aromatic rings. The highest BCUT2D eigenvalue weighted by atomic mass is 16.5. The lowest BCUT2D eigenvalue weighted by Crippen LogP contribution is -2.08. The molecule has 2 aromatic carbocycles. The molecule has 1 atom stereocenters. The molecule has 28 heavy (non-hydrogen) atoms. The predicted octanol–water partition coefficient (Wildman–Crippen LogP) is 4.08. The van der Waals surface area contributed by atoms with Crippen molar-refractivity contribution in [2.24, 2.45) is 0 Å². The molecule has 1 aliphatic rings. The molecule has 0 aromatic heterocycles. The summed E-state index contributed by atoms with van der Waals surface area (Å²) >= 11 is 0. The summed E-state index contributed by atoms with van der Waals surface area (Å²) in [4.78, 5) is 12.4. The summed E-state index contributed by atoms with van der Waals surface area (Å²) < 4.78 is 22.0. The first-order valence-electron chi connectivity index (χ1n) is 9.21. The van der Waals surface area contributed by atoms with E-state index in [2.05, 4.69) is 5.32 Å². The lowest BCUT2D eigenvalue weighted by atomic mass is 10.1. The number of benzene rings is 2. The van der Waals surface area contributed by atoms with E-state index in [1.165, 1.54) is 6.08 Å². The maximum atomic E-state index is 12.4. The van der Waals surface area contributed by atoms with Gasteiger partial charge in [-0.2, -0.15) is 0 Å². The van der Waals surface area contributed by atoms with Gasteiger partial charge in [0.15, 0.2) is 0 Å². The number of hydrogen-bond acceptors (Lipinski definition) is 5. The summed E-state index contributed by atoms with van der Waals surface area (Å²) in [5.74, 6) is 2.51. The molecule has 1 N–H and O–H groups in total. The zero-order valence-electron chi connectivity index (χ0n) is 16.6. The molecule has 1 heterocycles. The zero-order valence-corrected chi connectivity index (χ0v) is 16.6. The first kappa shape index (κ1) is 19.6. The van der Waals surface area contributed by atoms with Crippen molar-refractivity contribution in [1.29, 1.82) is 0 Å². The highest BCUT2D eigenvalue weighted by Crippen LogP contribution is 2.35. The lowest BCUT2D eigenvalue weighted by Gasteiger charge is -2.10. The van der Waals surface area contributed by atoms with Crippen LogP contribution in [-0.4, -0.2) is 32.8 Å². The van der Waals surface area contributed by atoms with Crippen LogP contribution in [0.5, 0.6) is 23.0 Å². The lowest BCUT2D eigenvalue weighted by molar-refractivity contribution is -0.111. The summed E-state index contributed by atoms with van der Waals surface area (Å²) in [6, 6.07) is 9.11. The number of hydrogen-bond donors (Lipinski definition) is 1. The van der Waals surface area contributed by atoms with Crippen LogP contribution >= 0.6 is 0 Å². The van der Waals surface area contributed by atoms with E-state index in [0.717, 1.165) is 29.0 Å². The Kier molecular flexibility index (Phi) is 6.09. The van der Waals surface area contributed by atoms with Crippen LogP contribution in [0.2, 0.25) is 0 Å². The Morgan fingerprint density at radius 1 is 1.18 bits per heavy atom. The smallest absolute Gasteiger partial charge is 0.248 e. The van der Waals surface area contributed by atoms with Gasteiger partial charge >= 0.3 is 0 Å². The topological polar surface area (TPSA) is 66.0 Å². The summed E-state index contributed by atoms with van der Waals surface area (Å²) in [6.45, 7) is 4.51. The molecule has 0 fully saturated rings. The zero-order chi connectivity index (χ0) is 20.1. The van der Waals surface area contributed by atoms with Crippen LogP contribution in [0.15, 0.2) is 36.4 Å². The van der Waals surface area contributed by atoms with Crippen LogP contribution in [0.1, 0.15) is 25.0 Å². The summed E-state index contributed by atoms with van der Waals surface area (Å²) in [5.41, 5.74) is 2.51. The van der Waals surface area contributed by atoms with Gasteiger partial charge in [-0.25, -0.2) is 0 Å². The molecule has 1 aliphatic heterocycles. The number of amides is 1. The quantitative estimate of drug-likeness (QED) is 0.730. The maximum Gasteiger partial charge on any atom is 0.248 e.